The predicted molar refractivity (Wildman–Crippen MR) is 132 cm³/mol. The molecule has 0 aliphatic carbocycles. The SMILES string of the molecule is Cc1ccc(N=C2S[C@H](CC(=O)Nc3ccc(Br)cc3)C(=O)N2C[C@H]2CCCO2)cc1C. The van der Waals surface area contributed by atoms with E-state index in [1.165, 1.54) is 17.3 Å². The summed E-state index contributed by atoms with van der Waals surface area (Å²) in [6, 6.07) is 13.4. The fourth-order valence-electron chi connectivity index (χ4n) is 3.70. The minimum absolute atomic E-state index is 0.0137. The summed E-state index contributed by atoms with van der Waals surface area (Å²) in [7, 11) is 0. The number of ether oxygens (including phenoxy) is 1. The Hall–Kier alpha value is -2.16. The van der Waals surface area contributed by atoms with Crippen LogP contribution in [0.1, 0.15) is 30.4 Å². The zero-order valence-electron chi connectivity index (χ0n) is 18.1. The lowest BCUT2D eigenvalue weighted by Crippen LogP contribution is -2.38. The van der Waals surface area contributed by atoms with Crippen molar-refractivity contribution in [2.45, 2.75) is 44.5 Å². The smallest absolute Gasteiger partial charge is 0.242 e. The maximum absolute atomic E-state index is 13.2. The minimum Gasteiger partial charge on any atom is -0.376 e. The number of halogens is 1. The van der Waals surface area contributed by atoms with Gasteiger partial charge in [0.2, 0.25) is 11.8 Å². The first-order valence-corrected chi connectivity index (χ1v) is 12.4. The number of nitrogens with zero attached hydrogens (tertiary/aromatic N) is 2. The third-order valence-corrected chi connectivity index (χ3v) is 7.35. The van der Waals surface area contributed by atoms with E-state index < -0.39 is 5.25 Å². The highest BCUT2D eigenvalue weighted by molar-refractivity contribution is 9.10. The summed E-state index contributed by atoms with van der Waals surface area (Å²) >= 11 is 4.74. The van der Waals surface area contributed by atoms with Crippen molar-refractivity contribution in [3.63, 3.8) is 0 Å². The number of carbonyl (C=O) groups is 2. The first-order chi connectivity index (χ1) is 15.4. The molecule has 2 amide bonds. The monoisotopic (exact) mass is 515 g/mol. The zero-order valence-corrected chi connectivity index (χ0v) is 20.5. The van der Waals surface area contributed by atoms with Gasteiger partial charge >= 0.3 is 0 Å². The Kier molecular flexibility index (Phi) is 7.33. The van der Waals surface area contributed by atoms with Crippen LogP contribution in [0.3, 0.4) is 0 Å². The molecule has 1 N–H and O–H groups in total. The van der Waals surface area contributed by atoms with E-state index in [0.717, 1.165) is 35.2 Å². The molecule has 0 spiro atoms. The number of carbonyl (C=O) groups excluding carboxylic acids is 2. The first kappa shape index (κ1) is 23.0. The number of anilines is 1. The normalized spacial score (nSPS) is 22.0. The van der Waals surface area contributed by atoms with E-state index in [1.54, 1.807) is 4.90 Å². The molecule has 8 heteroatoms. The minimum atomic E-state index is -0.503. The summed E-state index contributed by atoms with van der Waals surface area (Å²) in [6.45, 7) is 5.30. The second-order valence-electron chi connectivity index (χ2n) is 8.11. The lowest BCUT2D eigenvalue weighted by molar-refractivity contribution is -0.129. The Morgan fingerprint density at radius 2 is 2.00 bits per heavy atom. The number of amides is 2. The molecule has 0 aromatic heterocycles. The standard InChI is InChI=1S/C24H26BrN3O3S/c1-15-5-8-19(12-16(15)2)27-24-28(14-20-4-3-11-31-20)23(30)21(32-24)13-22(29)26-18-9-6-17(25)7-10-18/h5-10,12,20-21H,3-4,11,13-14H2,1-2H3,(H,26,29)/t20-,21-/m1/s1. The van der Waals surface area contributed by atoms with Gasteiger partial charge in [0, 0.05) is 23.2 Å². The molecule has 2 aromatic carbocycles. The average Bonchev–Trinajstić information content (AvgIpc) is 3.37. The topological polar surface area (TPSA) is 71.0 Å². The molecular formula is C24H26BrN3O3S. The van der Waals surface area contributed by atoms with Gasteiger partial charge in [-0.3, -0.25) is 14.5 Å². The molecule has 0 unspecified atom stereocenters. The molecule has 4 rings (SSSR count). The number of aryl methyl sites for hydroxylation is 2. The van der Waals surface area contributed by atoms with Crippen molar-refractivity contribution in [3.05, 3.63) is 58.1 Å². The number of hydrogen-bond acceptors (Lipinski definition) is 5. The van der Waals surface area contributed by atoms with Gasteiger partial charge in [-0.25, -0.2) is 4.99 Å². The van der Waals surface area contributed by atoms with Crippen LogP contribution in [0, 0.1) is 13.8 Å². The maximum atomic E-state index is 13.2. The molecular weight excluding hydrogens is 490 g/mol. The number of rotatable bonds is 6. The van der Waals surface area contributed by atoms with E-state index in [9.17, 15) is 9.59 Å². The summed E-state index contributed by atoms with van der Waals surface area (Å²) in [6.07, 6.45) is 2.04. The van der Waals surface area contributed by atoms with Crippen molar-refractivity contribution in [2.24, 2.45) is 4.99 Å². The van der Waals surface area contributed by atoms with Gasteiger partial charge in [-0.2, -0.15) is 0 Å². The molecule has 2 atom stereocenters. The van der Waals surface area contributed by atoms with Gasteiger partial charge in [-0.1, -0.05) is 33.8 Å². The summed E-state index contributed by atoms with van der Waals surface area (Å²) in [4.78, 5) is 32.3. The molecule has 2 saturated heterocycles. The van der Waals surface area contributed by atoms with Crippen molar-refractivity contribution in [1.29, 1.82) is 0 Å². The van der Waals surface area contributed by atoms with Crippen molar-refractivity contribution < 1.29 is 14.3 Å². The molecule has 0 saturated carbocycles. The first-order valence-electron chi connectivity index (χ1n) is 10.7. The third kappa shape index (κ3) is 5.60. The van der Waals surface area contributed by atoms with Crippen molar-refractivity contribution in [1.82, 2.24) is 4.90 Å². The van der Waals surface area contributed by atoms with Crippen LogP contribution in [0.15, 0.2) is 51.9 Å². The summed E-state index contributed by atoms with van der Waals surface area (Å²) in [5, 5.41) is 3.01. The van der Waals surface area contributed by atoms with Gasteiger partial charge in [0.05, 0.1) is 18.3 Å². The zero-order chi connectivity index (χ0) is 22.7. The van der Waals surface area contributed by atoms with E-state index in [2.05, 4.69) is 28.2 Å². The van der Waals surface area contributed by atoms with Crippen LogP contribution in [0.2, 0.25) is 0 Å². The van der Waals surface area contributed by atoms with E-state index in [0.29, 0.717) is 17.4 Å². The third-order valence-electron chi connectivity index (χ3n) is 5.64. The Morgan fingerprint density at radius 1 is 1.22 bits per heavy atom. The number of nitrogens with one attached hydrogen (secondary N) is 1. The van der Waals surface area contributed by atoms with Crippen LogP contribution < -0.4 is 5.32 Å². The van der Waals surface area contributed by atoms with E-state index >= 15 is 0 Å². The van der Waals surface area contributed by atoms with Crippen molar-refractivity contribution >= 4 is 56.0 Å². The Bertz CT molecular complexity index is 1040. The Balaban J connectivity index is 1.51. The van der Waals surface area contributed by atoms with Gasteiger partial charge in [-0.15, -0.1) is 0 Å². The second-order valence-corrected chi connectivity index (χ2v) is 10.2. The van der Waals surface area contributed by atoms with Crippen LogP contribution in [0.4, 0.5) is 11.4 Å². The maximum Gasteiger partial charge on any atom is 0.242 e. The van der Waals surface area contributed by atoms with E-state index in [4.69, 9.17) is 9.73 Å². The number of hydrogen-bond donors (Lipinski definition) is 1. The molecule has 2 heterocycles. The van der Waals surface area contributed by atoms with Gasteiger partial charge < -0.3 is 10.1 Å². The largest absolute Gasteiger partial charge is 0.376 e. The highest BCUT2D eigenvalue weighted by Gasteiger charge is 2.40. The van der Waals surface area contributed by atoms with Crippen LogP contribution in [0.25, 0.3) is 0 Å². The average molecular weight is 516 g/mol. The van der Waals surface area contributed by atoms with E-state index in [-0.39, 0.29) is 24.3 Å². The Morgan fingerprint density at radius 3 is 2.69 bits per heavy atom. The van der Waals surface area contributed by atoms with Crippen LogP contribution in [0.5, 0.6) is 0 Å². The molecule has 6 nitrogen and oxygen atoms in total. The van der Waals surface area contributed by atoms with Gasteiger partial charge in [-0.05, 0) is 74.2 Å². The van der Waals surface area contributed by atoms with Gasteiger partial charge in [0.15, 0.2) is 5.17 Å². The highest BCUT2D eigenvalue weighted by atomic mass is 79.9. The van der Waals surface area contributed by atoms with Crippen LogP contribution in [-0.2, 0) is 14.3 Å². The molecule has 0 radical (unpaired) electrons. The quantitative estimate of drug-likeness (QED) is 0.573. The molecule has 2 fully saturated rings. The number of benzene rings is 2. The number of aliphatic imine (C=N–C) groups is 1. The molecule has 2 aliphatic heterocycles. The molecule has 2 aliphatic rings. The summed E-state index contributed by atoms with van der Waals surface area (Å²) in [5.74, 6) is -0.276. The fourth-order valence-corrected chi connectivity index (χ4v) is 5.14. The summed E-state index contributed by atoms with van der Waals surface area (Å²) < 4.78 is 6.70. The molecule has 2 aromatic rings. The molecule has 168 valence electrons. The predicted octanol–water partition coefficient (Wildman–Crippen LogP) is 5.21. The highest BCUT2D eigenvalue weighted by Crippen LogP contribution is 2.33. The lowest BCUT2D eigenvalue weighted by Gasteiger charge is -2.20. The second kappa shape index (κ2) is 10.2. The Labute approximate surface area is 200 Å². The van der Waals surface area contributed by atoms with Crippen LogP contribution >= 0.6 is 27.7 Å². The summed E-state index contributed by atoms with van der Waals surface area (Å²) in [5.41, 5.74) is 3.86. The fraction of sp³-hybridized carbons (Fsp3) is 0.375. The molecule has 32 heavy (non-hydrogen) atoms. The van der Waals surface area contributed by atoms with Crippen LogP contribution in [-0.4, -0.2) is 46.4 Å². The number of thioether (sulfide) groups is 1. The van der Waals surface area contributed by atoms with Crippen molar-refractivity contribution in [3.8, 4) is 0 Å². The van der Waals surface area contributed by atoms with Crippen molar-refractivity contribution in [2.75, 3.05) is 18.5 Å². The number of amidine groups is 1. The van der Waals surface area contributed by atoms with E-state index in [1.807, 2.05) is 49.4 Å². The van der Waals surface area contributed by atoms with Gasteiger partial charge in [0.25, 0.3) is 0 Å². The molecule has 0 bridgehead atoms. The lowest BCUT2D eigenvalue weighted by atomic mass is 10.1. The van der Waals surface area contributed by atoms with Gasteiger partial charge in [0.1, 0.15) is 5.25 Å².